The van der Waals surface area contributed by atoms with E-state index < -0.39 is 0 Å². The molecule has 0 saturated heterocycles. The lowest BCUT2D eigenvalue weighted by Crippen LogP contribution is -2.33. The lowest BCUT2D eigenvalue weighted by Gasteiger charge is -2.29. The number of nitrogens with two attached hydrogens (primary N) is 1. The summed E-state index contributed by atoms with van der Waals surface area (Å²) in [6.07, 6.45) is 4.78. The highest BCUT2D eigenvalue weighted by molar-refractivity contribution is 5.83. The third-order valence-electron chi connectivity index (χ3n) is 3.91. The van der Waals surface area contributed by atoms with Crippen molar-refractivity contribution >= 4 is 5.78 Å². The van der Waals surface area contributed by atoms with E-state index in [0.29, 0.717) is 18.9 Å². The van der Waals surface area contributed by atoms with Crippen molar-refractivity contribution in [2.75, 3.05) is 6.54 Å². The van der Waals surface area contributed by atoms with Crippen LogP contribution in [-0.2, 0) is 11.2 Å². The Bertz CT molecular complexity index is 417. The second-order valence-corrected chi connectivity index (χ2v) is 5.20. The van der Waals surface area contributed by atoms with Gasteiger partial charge < -0.3 is 10.8 Å². The Balaban J connectivity index is 2.02. The fourth-order valence-corrected chi connectivity index (χ4v) is 2.91. The molecule has 1 aromatic carbocycles. The van der Waals surface area contributed by atoms with Gasteiger partial charge in [0.05, 0.1) is 0 Å². The molecule has 3 N–H and O–H groups in total. The van der Waals surface area contributed by atoms with E-state index in [1.165, 1.54) is 6.42 Å². The maximum absolute atomic E-state index is 12.3. The molecule has 98 valence electrons. The van der Waals surface area contributed by atoms with Crippen molar-refractivity contribution in [3.05, 3.63) is 29.8 Å². The van der Waals surface area contributed by atoms with Gasteiger partial charge in [0, 0.05) is 12.3 Å². The molecule has 1 saturated carbocycles. The number of benzene rings is 1. The van der Waals surface area contributed by atoms with Crippen LogP contribution >= 0.6 is 0 Å². The molecular weight excluding hydrogens is 226 g/mol. The minimum absolute atomic E-state index is 0.117. The molecule has 0 amide bonds. The van der Waals surface area contributed by atoms with Crippen LogP contribution in [0.5, 0.6) is 5.75 Å². The first-order valence-corrected chi connectivity index (χ1v) is 6.71. The van der Waals surface area contributed by atoms with Gasteiger partial charge in [0.2, 0.25) is 0 Å². The van der Waals surface area contributed by atoms with Gasteiger partial charge in [-0.3, -0.25) is 4.79 Å². The van der Waals surface area contributed by atoms with Crippen molar-refractivity contribution < 1.29 is 9.90 Å². The molecule has 0 aliphatic heterocycles. The molecule has 3 nitrogen and oxygen atoms in total. The molecule has 2 rings (SSSR count). The third kappa shape index (κ3) is 3.10. The van der Waals surface area contributed by atoms with E-state index in [9.17, 15) is 9.90 Å². The number of hydrogen-bond acceptors (Lipinski definition) is 3. The largest absolute Gasteiger partial charge is 0.508 e. The summed E-state index contributed by atoms with van der Waals surface area (Å²) in [7, 11) is 0. The monoisotopic (exact) mass is 247 g/mol. The Morgan fingerprint density at radius 3 is 2.83 bits per heavy atom. The van der Waals surface area contributed by atoms with E-state index in [-0.39, 0.29) is 17.5 Å². The molecule has 1 aliphatic carbocycles. The van der Waals surface area contributed by atoms with Crippen molar-refractivity contribution in [3.8, 4) is 5.75 Å². The zero-order chi connectivity index (χ0) is 13.0. The Morgan fingerprint density at radius 1 is 1.33 bits per heavy atom. The summed E-state index contributed by atoms with van der Waals surface area (Å²) in [6.45, 7) is 0.608. The molecule has 18 heavy (non-hydrogen) atoms. The van der Waals surface area contributed by atoms with Gasteiger partial charge in [-0.15, -0.1) is 0 Å². The number of carbonyl (C=O) groups is 1. The molecule has 0 bridgehead atoms. The predicted molar refractivity (Wildman–Crippen MR) is 71.3 cm³/mol. The van der Waals surface area contributed by atoms with Crippen LogP contribution in [0.4, 0.5) is 0 Å². The average molecular weight is 247 g/mol. The number of ketones is 1. The van der Waals surface area contributed by atoms with Gasteiger partial charge in [-0.05, 0) is 43.0 Å². The summed E-state index contributed by atoms with van der Waals surface area (Å²) >= 11 is 0. The van der Waals surface area contributed by atoms with Crippen molar-refractivity contribution in [2.24, 2.45) is 17.6 Å². The van der Waals surface area contributed by atoms with Crippen molar-refractivity contribution in [1.82, 2.24) is 0 Å². The maximum Gasteiger partial charge on any atom is 0.140 e. The lowest BCUT2D eigenvalue weighted by molar-refractivity contribution is -0.124. The molecule has 1 aliphatic rings. The van der Waals surface area contributed by atoms with Crippen LogP contribution in [0.25, 0.3) is 0 Å². The number of rotatable bonds is 4. The van der Waals surface area contributed by atoms with Crippen LogP contribution in [0, 0.1) is 11.8 Å². The Labute approximate surface area is 108 Å². The van der Waals surface area contributed by atoms with E-state index in [1.807, 2.05) is 6.07 Å². The van der Waals surface area contributed by atoms with Gasteiger partial charge >= 0.3 is 0 Å². The third-order valence-corrected chi connectivity index (χ3v) is 3.91. The summed E-state index contributed by atoms with van der Waals surface area (Å²) in [5, 5.41) is 9.40. The summed E-state index contributed by atoms with van der Waals surface area (Å²) in [5.74, 6) is 0.963. The quantitative estimate of drug-likeness (QED) is 0.858. The molecule has 2 unspecified atom stereocenters. The first-order chi connectivity index (χ1) is 8.70. The molecule has 0 radical (unpaired) electrons. The van der Waals surface area contributed by atoms with Crippen LogP contribution in [0.1, 0.15) is 31.2 Å². The fourth-order valence-electron chi connectivity index (χ4n) is 2.91. The van der Waals surface area contributed by atoms with E-state index in [0.717, 1.165) is 24.8 Å². The minimum Gasteiger partial charge on any atom is -0.508 e. The molecular formula is C15H21NO2. The normalized spacial score (nSPS) is 23.8. The summed E-state index contributed by atoms with van der Waals surface area (Å²) in [5.41, 5.74) is 6.65. The molecule has 3 heteroatoms. The molecule has 2 atom stereocenters. The fraction of sp³-hybridized carbons (Fsp3) is 0.533. The summed E-state index contributed by atoms with van der Waals surface area (Å²) in [6, 6.07) is 6.95. The number of aromatic hydroxyl groups is 1. The second-order valence-electron chi connectivity index (χ2n) is 5.20. The molecule has 1 fully saturated rings. The van der Waals surface area contributed by atoms with Gasteiger partial charge in [0.25, 0.3) is 0 Å². The highest BCUT2D eigenvalue weighted by Gasteiger charge is 2.29. The van der Waals surface area contributed by atoms with Crippen molar-refractivity contribution in [2.45, 2.75) is 32.1 Å². The highest BCUT2D eigenvalue weighted by Crippen LogP contribution is 2.31. The standard InChI is InChI=1S/C15H21NO2/c16-10-12-5-1-2-7-14(12)15(18)9-11-4-3-6-13(17)8-11/h3-4,6,8,12,14,17H,1-2,5,7,9-10,16H2. The van der Waals surface area contributed by atoms with Crippen LogP contribution in [0.2, 0.25) is 0 Å². The number of phenols is 1. The van der Waals surface area contributed by atoms with E-state index in [4.69, 9.17) is 5.73 Å². The number of phenolic OH excluding ortho intramolecular Hbond substituents is 1. The Hall–Kier alpha value is -1.35. The summed E-state index contributed by atoms with van der Waals surface area (Å²) < 4.78 is 0. The molecule has 0 heterocycles. The van der Waals surface area contributed by atoms with E-state index >= 15 is 0 Å². The zero-order valence-electron chi connectivity index (χ0n) is 10.6. The Kier molecular flexibility index (Phi) is 4.37. The van der Waals surface area contributed by atoms with E-state index in [1.54, 1.807) is 18.2 Å². The molecule has 0 aromatic heterocycles. The lowest BCUT2D eigenvalue weighted by atomic mass is 9.76. The zero-order valence-corrected chi connectivity index (χ0v) is 10.6. The van der Waals surface area contributed by atoms with Gasteiger partial charge in [0.1, 0.15) is 11.5 Å². The van der Waals surface area contributed by atoms with Crippen LogP contribution in [-0.4, -0.2) is 17.4 Å². The highest BCUT2D eigenvalue weighted by atomic mass is 16.3. The molecule has 1 aromatic rings. The first kappa shape index (κ1) is 13.1. The van der Waals surface area contributed by atoms with Crippen molar-refractivity contribution in [1.29, 1.82) is 0 Å². The SMILES string of the molecule is NCC1CCCCC1C(=O)Cc1cccc(O)c1. The van der Waals surface area contributed by atoms with E-state index in [2.05, 4.69) is 0 Å². The van der Waals surface area contributed by atoms with Crippen LogP contribution in [0.15, 0.2) is 24.3 Å². The topological polar surface area (TPSA) is 63.3 Å². The molecule has 0 spiro atoms. The van der Waals surface area contributed by atoms with Gasteiger partial charge in [-0.2, -0.15) is 0 Å². The van der Waals surface area contributed by atoms with Gasteiger partial charge in [0.15, 0.2) is 0 Å². The minimum atomic E-state index is 0.117. The smallest absolute Gasteiger partial charge is 0.140 e. The number of hydrogen-bond donors (Lipinski definition) is 2. The van der Waals surface area contributed by atoms with Gasteiger partial charge in [-0.25, -0.2) is 0 Å². The van der Waals surface area contributed by atoms with Crippen LogP contribution in [0.3, 0.4) is 0 Å². The first-order valence-electron chi connectivity index (χ1n) is 6.71. The maximum atomic E-state index is 12.3. The number of Topliss-reactive ketones (excluding diaryl/α,β-unsaturated/α-hetero) is 1. The average Bonchev–Trinajstić information content (AvgIpc) is 2.38. The van der Waals surface area contributed by atoms with Gasteiger partial charge in [-0.1, -0.05) is 25.0 Å². The number of carbonyl (C=O) groups excluding carboxylic acids is 1. The Morgan fingerprint density at radius 2 is 2.11 bits per heavy atom. The predicted octanol–water partition coefficient (Wildman–Crippen LogP) is 2.27. The van der Waals surface area contributed by atoms with Crippen LogP contribution < -0.4 is 5.73 Å². The summed E-state index contributed by atoms with van der Waals surface area (Å²) in [4.78, 5) is 12.3. The second kappa shape index (κ2) is 6.01. The van der Waals surface area contributed by atoms with Crippen molar-refractivity contribution in [3.63, 3.8) is 0 Å².